The number of hydrogen-bond acceptors (Lipinski definition) is 1. The molecule has 0 aromatic rings. The van der Waals surface area contributed by atoms with Crippen LogP contribution in [0.4, 0.5) is 0 Å². The van der Waals surface area contributed by atoms with Crippen LogP contribution in [-0.2, 0) is 0 Å². The Morgan fingerprint density at radius 3 is 1.84 bits per heavy atom. The smallest absolute Gasteiger partial charge is 0.0119 e. The van der Waals surface area contributed by atoms with Crippen LogP contribution in [0.15, 0.2) is 11.5 Å². The van der Waals surface area contributed by atoms with Crippen LogP contribution in [0.2, 0.25) is 0 Å². The summed E-state index contributed by atoms with van der Waals surface area (Å²) in [5, 5.41) is 0. The third-order valence-corrected chi connectivity index (χ3v) is 4.21. The molecule has 0 aliphatic rings. The first-order chi connectivity index (χ1) is 8.39. The van der Waals surface area contributed by atoms with Crippen molar-refractivity contribution in [1.29, 1.82) is 0 Å². The van der Waals surface area contributed by atoms with Gasteiger partial charge in [-0.1, -0.05) is 74.8 Å². The van der Waals surface area contributed by atoms with Gasteiger partial charge in [-0.05, 0) is 35.0 Å². The third kappa shape index (κ3) is 12.9. The average molecular weight is 285 g/mol. The lowest BCUT2D eigenvalue weighted by Crippen LogP contribution is -2.12. The normalized spacial score (nSPS) is 16.2. The number of hydrogen-bond donors (Lipinski definition) is 0. The van der Waals surface area contributed by atoms with Gasteiger partial charge in [-0.25, -0.2) is 0 Å². The van der Waals surface area contributed by atoms with Crippen LogP contribution >= 0.6 is 11.8 Å². The van der Waals surface area contributed by atoms with E-state index in [0.717, 1.165) is 11.8 Å². The van der Waals surface area contributed by atoms with E-state index < -0.39 is 0 Å². The average Bonchev–Trinajstić information content (AvgIpc) is 2.08. The van der Waals surface area contributed by atoms with Crippen LogP contribution in [0.5, 0.6) is 0 Å². The Kier molecular flexibility index (Phi) is 7.80. The van der Waals surface area contributed by atoms with Gasteiger partial charge in [-0.3, -0.25) is 0 Å². The van der Waals surface area contributed by atoms with E-state index in [9.17, 15) is 0 Å². The van der Waals surface area contributed by atoms with E-state index in [0.29, 0.717) is 10.2 Å². The van der Waals surface area contributed by atoms with Crippen molar-refractivity contribution >= 4 is 11.8 Å². The summed E-state index contributed by atoms with van der Waals surface area (Å²) in [6, 6.07) is 0. The first-order valence-corrected chi connectivity index (χ1v) is 8.57. The maximum absolute atomic E-state index is 4.23. The van der Waals surface area contributed by atoms with E-state index in [-0.39, 0.29) is 0 Å². The van der Waals surface area contributed by atoms with Gasteiger partial charge in [0.05, 0.1) is 0 Å². The van der Waals surface area contributed by atoms with Crippen molar-refractivity contribution in [3.63, 3.8) is 0 Å². The Balaban J connectivity index is 3.93. The minimum atomic E-state index is 0.302. The van der Waals surface area contributed by atoms with Gasteiger partial charge in [0.25, 0.3) is 0 Å². The highest BCUT2D eigenvalue weighted by Crippen LogP contribution is 2.35. The van der Waals surface area contributed by atoms with Crippen LogP contribution < -0.4 is 0 Å². The van der Waals surface area contributed by atoms with Gasteiger partial charge in [0.1, 0.15) is 0 Å². The second-order valence-corrected chi connectivity index (χ2v) is 10.5. The molecule has 19 heavy (non-hydrogen) atoms. The van der Waals surface area contributed by atoms with Gasteiger partial charge >= 0.3 is 0 Å². The standard InChI is InChI=1S/C18H36S/c1-14(12-16(3)19-18(7,8)9)10-11-15(2)13-17(4,5)6/h14-15H,3,10-13H2,1-2,4-9H3. The van der Waals surface area contributed by atoms with Crippen molar-refractivity contribution in [3.05, 3.63) is 11.5 Å². The van der Waals surface area contributed by atoms with Gasteiger partial charge in [-0.15, -0.1) is 11.8 Å². The molecule has 0 radical (unpaired) electrons. The Hall–Kier alpha value is 0.0900. The molecule has 0 bridgehead atoms. The zero-order chi connectivity index (χ0) is 15.3. The van der Waals surface area contributed by atoms with Crippen LogP contribution in [0, 0.1) is 17.3 Å². The molecule has 0 saturated heterocycles. The number of allylic oxidation sites excluding steroid dienone is 1. The summed E-state index contributed by atoms with van der Waals surface area (Å²) in [5.74, 6) is 1.61. The van der Waals surface area contributed by atoms with Crippen molar-refractivity contribution in [1.82, 2.24) is 0 Å². The van der Waals surface area contributed by atoms with E-state index in [1.165, 1.54) is 30.6 Å². The van der Waals surface area contributed by atoms with Crippen molar-refractivity contribution in [3.8, 4) is 0 Å². The maximum atomic E-state index is 4.23. The molecule has 0 saturated carbocycles. The summed E-state index contributed by atoms with van der Waals surface area (Å²) in [6.07, 6.45) is 5.19. The van der Waals surface area contributed by atoms with Gasteiger partial charge in [0.2, 0.25) is 0 Å². The van der Waals surface area contributed by atoms with E-state index in [1.54, 1.807) is 0 Å². The molecule has 0 aromatic carbocycles. The molecule has 0 rings (SSSR count). The SMILES string of the molecule is C=C(CC(C)CCC(C)CC(C)(C)C)SC(C)(C)C. The number of thioether (sulfide) groups is 1. The topological polar surface area (TPSA) is 0 Å². The van der Waals surface area contributed by atoms with Crippen LogP contribution in [0.25, 0.3) is 0 Å². The van der Waals surface area contributed by atoms with E-state index >= 15 is 0 Å². The molecule has 0 nitrogen and oxygen atoms in total. The Morgan fingerprint density at radius 2 is 1.42 bits per heavy atom. The lowest BCUT2D eigenvalue weighted by atomic mass is 9.82. The fourth-order valence-electron chi connectivity index (χ4n) is 2.68. The lowest BCUT2D eigenvalue weighted by Gasteiger charge is -2.25. The second kappa shape index (κ2) is 7.76. The summed E-state index contributed by atoms with van der Waals surface area (Å²) in [4.78, 5) is 1.35. The molecule has 2 atom stereocenters. The molecule has 0 aliphatic carbocycles. The Bertz CT molecular complexity index is 264. The highest BCUT2D eigenvalue weighted by Gasteiger charge is 2.17. The predicted molar refractivity (Wildman–Crippen MR) is 92.7 cm³/mol. The monoisotopic (exact) mass is 284 g/mol. The second-order valence-electron chi connectivity index (χ2n) is 8.51. The molecular formula is C18H36S. The molecule has 0 aromatic heterocycles. The van der Waals surface area contributed by atoms with Crippen molar-refractivity contribution < 1.29 is 0 Å². The van der Waals surface area contributed by atoms with Gasteiger partial charge in [0.15, 0.2) is 0 Å². The molecule has 0 aliphatic heterocycles. The third-order valence-electron chi connectivity index (χ3n) is 3.14. The summed E-state index contributed by atoms with van der Waals surface area (Å²) in [7, 11) is 0. The number of rotatable bonds is 7. The molecule has 0 fully saturated rings. The molecule has 2 unspecified atom stereocenters. The summed E-state index contributed by atoms with van der Waals surface area (Å²) in [6.45, 7) is 22.8. The fourth-order valence-corrected chi connectivity index (χ4v) is 3.92. The Morgan fingerprint density at radius 1 is 0.947 bits per heavy atom. The minimum Gasteiger partial charge on any atom is -0.125 e. The van der Waals surface area contributed by atoms with Crippen LogP contribution in [-0.4, -0.2) is 4.75 Å². The molecule has 0 heterocycles. The molecule has 0 spiro atoms. The highest BCUT2D eigenvalue weighted by atomic mass is 32.2. The molecule has 0 amide bonds. The van der Waals surface area contributed by atoms with Crippen molar-refractivity contribution in [2.45, 2.75) is 85.8 Å². The van der Waals surface area contributed by atoms with E-state index in [4.69, 9.17) is 0 Å². The fraction of sp³-hybridized carbons (Fsp3) is 0.889. The predicted octanol–water partition coefficient (Wildman–Crippen LogP) is 6.91. The minimum absolute atomic E-state index is 0.302. The molecule has 114 valence electrons. The highest BCUT2D eigenvalue weighted by molar-refractivity contribution is 8.04. The Labute approximate surface area is 126 Å². The van der Waals surface area contributed by atoms with Crippen molar-refractivity contribution in [2.75, 3.05) is 0 Å². The van der Waals surface area contributed by atoms with E-state index in [2.05, 4.69) is 62.0 Å². The van der Waals surface area contributed by atoms with Crippen LogP contribution in [0.3, 0.4) is 0 Å². The maximum Gasteiger partial charge on any atom is 0.0119 e. The molecular weight excluding hydrogens is 248 g/mol. The summed E-state index contributed by atoms with van der Waals surface area (Å²) >= 11 is 1.93. The summed E-state index contributed by atoms with van der Waals surface area (Å²) in [5.41, 5.74) is 0.467. The van der Waals surface area contributed by atoms with Crippen LogP contribution in [0.1, 0.15) is 81.1 Å². The van der Waals surface area contributed by atoms with Gasteiger partial charge in [-0.2, -0.15) is 0 Å². The quantitative estimate of drug-likeness (QED) is 0.489. The first kappa shape index (κ1) is 19.1. The lowest BCUT2D eigenvalue weighted by molar-refractivity contribution is 0.283. The van der Waals surface area contributed by atoms with Gasteiger partial charge < -0.3 is 0 Å². The zero-order valence-electron chi connectivity index (χ0n) is 14.6. The zero-order valence-corrected chi connectivity index (χ0v) is 15.4. The largest absolute Gasteiger partial charge is 0.125 e. The summed E-state index contributed by atoms with van der Waals surface area (Å²) < 4.78 is 0.302. The molecule has 1 heteroatoms. The van der Waals surface area contributed by atoms with E-state index in [1.807, 2.05) is 11.8 Å². The first-order valence-electron chi connectivity index (χ1n) is 7.76. The van der Waals surface area contributed by atoms with Gasteiger partial charge in [0, 0.05) is 4.75 Å². The van der Waals surface area contributed by atoms with Crippen molar-refractivity contribution in [2.24, 2.45) is 17.3 Å². The molecule has 0 N–H and O–H groups in total.